The average molecular weight is 447 g/mol. The van der Waals surface area contributed by atoms with Crippen molar-refractivity contribution in [2.75, 3.05) is 13.1 Å². The van der Waals surface area contributed by atoms with Crippen LogP contribution in [0.5, 0.6) is 0 Å². The number of ether oxygens (including phenoxy) is 1. The van der Waals surface area contributed by atoms with Gasteiger partial charge in [0.25, 0.3) is 0 Å². The van der Waals surface area contributed by atoms with E-state index in [1.807, 2.05) is 20.8 Å². The molecule has 5 rings (SSSR count). The molecule has 1 aliphatic carbocycles. The van der Waals surface area contributed by atoms with Crippen molar-refractivity contribution in [3.05, 3.63) is 36.7 Å². The van der Waals surface area contributed by atoms with Crippen molar-refractivity contribution in [2.45, 2.75) is 62.1 Å². The molecule has 2 unspecified atom stereocenters. The van der Waals surface area contributed by atoms with E-state index in [0.717, 1.165) is 24.0 Å². The van der Waals surface area contributed by atoms with Crippen molar-refractivity contribution in [1.29, 1.82) is 0 Å². The fourth-order valence-electron chi connectivity index (χ4n) is 5.39. The van der Waals surface area contributed by atoms with Crippen molar-refractivity contribution in [2.24, 2.45) is 5.92 Å². The SMILES string of the molecule is CC(C)(C)OC(=O)N1CCC2CN(S(=O)(=O)c3cccc4c[n+](O)ccc34)C3(CC3)C21. The van der Waals surface area contributed by atoms with Crippen molar-refractivity contribution < 1.29 is 27.9 Å². The number of hydrogen-bond donors (Lipinski definition) is 1. The van der Waals surface area contributed by atoms with Crippen LogP contribution < -0.4 is 4.73 Å². The Hall–Kier alpha value is -2.39. The van der Waals surface area contributed by atoms with Gasteiger partial charge in [0.15, 0.2) is 0 Å². The summed E-state index contributed by atoms with van der Waals surface area (Å²) < 4.78 is 35.9. The molecule has 3 fully saturated rings. The summed E-state index contributed by atoms with van der Waals surface area (Å²) in [6.07, 6.45) is 4.82. The molecule has 2 saturated heterocycles. The number of carbonyl (C=O) groups is 1. The lowest BCUT2D eigenvalue weighted by Crippen LogP contribution is -2.50. The lowest BCUT2D eigenvalue weighted by Gasteiger charge is -2.34. The van der Waals surface area contributed by atoms with Crippen molar-refractivity contribution in [3.63, 3.8) is 0 Å². The first kappa shape index (κ1) is 20.5. The quantitative estimate of drug-likeness (QED) is 0.566. The molecular weight excluding hydrogens is 418 g/mol. The molecule has 3 aliphatic rings. The molecule has 2 atom stereocenters. The summed E-state index contributed by atoms with van der Waals surface area (Å²) in [5, 5.41) is 10.9. The van der Waals surface area contributed by atoms with Gasteiger partial charge in [-0.3, -0.25) is 5.21 Å². The fraction of sp³-hybridized carbons (Fsp3) is 0.545. The molecule has 1 aromatic heterocycles. The van der Waals surface area contributed by atoms with E-state index >= 15 is 0 Å². The third-order valence-electron chi connectivity index (χ3n) is 6.69. The zero-order valence-corrected chi connectivity index (χ0v) is 18.8. The van der Waals surface area contributed by atoms with Crippen LogP contribution in [0.15, 0.2) is 41.6 Å². The van der Waals surface area contributed by atoms with Crippen LogP contribution in [0.3, 0.4) is 0 Å². The summed E-state index contributed by atoms with van der Waals surface area (Å²) in [4.78, 5) is 14.9. The highest BCUT2D eigenvalue weighted by atomic mass is 32.2. The Morgan fingerprint density at radius 1 is 1.26 bits per heavy atom. The largest absolute Gasteiger partial charge is 0.444 e. The fourth-order valence-corrected chi connectivity index (χ4v) is 7.50. The van der Waals surface area contributed by atoms with Gasteiger partial charge in [0.1, 0.15) is 5.60 Å². The molecule has 31 heavy (non-hydrogen) atoms. The van der Waals surface area contributed by atoms with Crippen LogP contribution >= 0.6 is 0 Å². The van der Waals surface area contributed by atoms with Crippen LogP contribution in [0.1, 0.15) is 40.0 Å². The van der Waals surface area contributed by atoms with E-state index in [4.69, 9.17) is 4.74 Å². The van der Waals surface area contributed by atoms with Crippen LogP contribution in [0, 0.1) is 5.92 Å². The molecule has 1 aromatic carbocycles. The topological polar surface area (TPSA) is 91.0 Å². The smallest absolute Gasteiger partial charge is 0.410 e. The summed E-state index contributed by atoms with van der Waals surface area (Å²) in [5.41, 5.74) is -1.15. The first-order valence-electron chi connectivity index (χ1n) is 10.7. The minimum atomic E-state index is -3.79. The number of likely N-dealkylation sites (tertiary alicyclic amines) is 1. The van der Waals surface area contributed by atoms with Gasteiger partial charge in [0, 0.05) is 29.3 Å². The highest BCUT2D eigenvalue weighted by Crippen LogP contribution is 2.58. The third kappa shape index (κ3) is 3.17. The molecule has 2 aromatic rings. The molecule has 3 heterocycles. The Morgan fingerprint density at radius 2 is 2.00 bits per heavy atom. The summed E-state index contributed by atoms with van der Waals surface area (Å²) in [7, 11) is -3.79. The minimum absolute atomic E-state index is 0.111. The first-order valence-corrected chi connectivity index (χ1v) is 12.1. The Balaban J connectivity index is 1.51. The number of aromatic nitrogens is 1. The zero-order chi connectivity index (χ0) is 22.2. The third-order valence-corrected chi connectivity index (χ3v) is 8.70. The number of amides is 1. The Morgan fingerprint density at radius 3 is 2.68 bits per heavy atom. The molecule has 8 nitrogen and oxygen atoms in total. The van der Waals surface area contributed by atoms with E-state index < -0.39 is 21.2 Å². The van der Waals surface area contributed by atoms with Gasteiger partial charge in [-0.2, -0.15) is 4.31 Å². The normalized spacial score (nSPS) is 25.2. The highest BCUT2D eigenvalue weighted by molar-refractivity contribution is 7.89. The Bertz CT molecular complexity index is 1170. The summed E-state index contributed by atoms with van der Waals surface area (Å²) in [6.45, 7) is 6.54. The molecule has 9 heteroatoms. The zero-order valence-electron chi connectivity index (χ0n) is 18.0. The molecule has 2 aliphatic heterocycles. The van der Waals surface area contributed by atoms with E-state index in [9.17, 15) is 18.4 Å². The second-order valence-corrected chi connectivity index (χ2v) is 11.7. The molecule has 1 spiro atoms. The Labute approximate surface area is 182 Å². The van der Waals surface area contributed by atoms with Gasteiger partial charge in [-0.1, -0.05) is 6.07 Å². The molecule has 1 saturated carbocycles. The van der Waals surface area contributed by atoms with Crippen LogP contribution in [0.25, 0.3) is 10.8 Å². The van der Waals surface area contributed by atoms with Gasteiger partial charge in [-0.15, -0.1) is 0 Å². The maximum absolute atomic E-state index is 13.8. The average Bonchev–Trinajstić information content (AvgIpc) is 3.23. The number of carbonyl (C=O) groups excluding carboxylic acids is 1. The maximum Gasteiger partial charge on any atom is 0.410 e. The molecular formula is C22H28N3O5S+. The number of fused-ring (bicyclic) bond motifs is 3. The monoisotopic (exact) mass is 446 g/mol. The van der Waals surface area contributed by atoms with Crippen molar-refractivity contribution in [3.8, 4) is 0 Å². The number of rotatable bonds is 2. The number of benzene rings is 1. The molecule has 1 amide bonds. The van der Waals surface area contributed by atoms with E-state index in [0.29, 0.717) is 23.9 Å². The van der Waals surface area contributed by atoms with Crippen LogP contribution in [-0.2, 0) is 14.8 Å². The number of pyridine rings is 1. The maximum atomic E-state index is 13.8. The number of hydrogen-bond acceptors (Lipinski definition) is 5. The van der Waals surface area contributed by atoms with E-state index in [1.165, 1.54) is 12.4 Å². The van der Waals surface area contributed by atoms with Gasteiger partial charge >= 0.3 is 6.09 Å². The predicted molar refractivity (Wildman–Crippen MR) is 112 cm³/mol. The first-order chi connectivity index (χ1) is 14.5. The van der Waals surface area contributed by atoms with Crippen molar-refractivity contribution >= 4 is 26.9 Å². The predicted octanol–water partition coefficient (Wildman–Crippen LogP) is 2.53. The van der Waals surface area contributed by atoms with Gasteiger partial charge in [0.2, 0.25) is 22.4 Å². The molecule has 0 bridgehead atoms. The second-order valence-electron chi connectivity index (χ2n) is 9.89. The Kier molecular flexibility index (Phi) is 4.34. The molecule has 166 valence electrons. The van der Waals surface area contributed by atoms with Gasteiger partial charge < -0.3 is 9.64 Å². The van der Waals surface area contributed by atoms with E-state index in [1.54, 1.807) is 33.5 Å². The van der Waals surface area contributed by atoms with Gasteiger partial charge in [-0.25, -0.2) is 13.2 Å². The standard InChI is InChI=1S/C22H28N3O5S/c1-21(2,3)30-20(26)24-12-7-16-14-25(22(9-10-22)19(16)24)31(28,29)18-6-4-5-15-13-23(27)11-8-17(15)18/h4-6,8,11,13,16,19,27H,7,9-10,12,14H2,1-3H3/q+1. The van der Waals surface area contributed by atoms with Crippen LogP contribution in [0.4, 0.5) is 4.79 Å². The second kappa shape index (κ2) is 6.56. The van der Waals surface area contributed by atoms with Gasteiger partial charge in [0.05, 0.1) is 21.9 Å². The van der Waals surface area contributed by atoms with Crippen LogP contribution in [0.2, 0.25) is 0 Å². The lowest BCUT2D eigenvalue weighted by molar-refractivity contribution is -0.904. The van der Waals surface area contributed by atoms with Crippen molar-refractivity contribution in [1.82, 2.24) is 9.21 Å². The lowest BCUT2D eigenvalue weighted by atomic mass is 9.98. The minimum Gasteiger partial charge on any atom is -0.444 e. The molecule has 0 radical (unpaired) electrons. The number of nitrogens with zero attached hydrogens (tertiary/aromatic N) is 3. The van der Waals surface area contributed by atoms with E-state index in [-0.39, 0.29) is 22.9 Å². The summed E-state index contributed by atoms with van der Waals surface area (Å²) >= 11 is 0. The molecule has 1 N–H and O–H groups in total. The summed E-state index contributed by atoms with van der Waals surface area (Å²) in [6, 6.07) is 6.56. The van der Waals surface area contributed by atoms with E-state index in [2.05, 4.69) is 0 Å². The summed E-state index contributed by atoms with van der Waals surface area (Å²) in [5.74, 6) is 0.111. The highest BCUT2D eigenvalue weighted by Gasteiger charge is 2.68. The number of sulfonamides is 1. The van der Waals surface area contributed by atoms with Crippen LogP contribution in [-0.4, -0.2) is 59.2 Å². The van der Waals surface area contributed by atoms with Gasteiger partial charge in [-0.05, 0) is 58.1 Å².